The first-order valence-corrected chi connectivity index (χ1v) is 7.51. The number of carbonyl (C=O) groups is 2. The average Bonchev–Trinajstić information content (AvgIpc) is 2.54. The zero-order chi connectivity index (χ0) is 16.0. The van der Waals surface area contributed by atoms with Crippen molar-refractivity contribution in [1.29, 1.82) is 0 Å². The minimum Gasteiger partial charge on any atom is -0.388 e. The van der Waals surface area contributed by atoms with E-state index in [0.29, 0.717) is 31.7 Å². The molecular weight excluding hydrogens is 284 g/mol. The van der Waals surface area contributed by atoms with Gasteiger partial charge < -0.3 is 20.5 Å². The highest BCUT2D eigenvalue weighted by atomic mass is 16.5. The van der Waals surface area contributed by atoms with Crippen molar-refractivity contribution in [3.63, 3.8) is 0 Å². The summed E-state index contributed by atoms with van der Waals surface area (Å²) < 4.78 is 5.17. The molecule has 6 nitrogen and oxygen atoms in total. The maximum Gasteiger partial charge on any atom is 0.313 e. The van der Waals surface area contributed by atoms with Gasteiger partial charge in [-0.3, -0.25) is 9.59 Å². The number of anilines is 1. The van der Waals surface area contributed by atoms with Crippen LogP contribution in [-0.4, -0.2) is 42.3 Å². The van der Waals surface area contributed by atoms with Crippen molar-refractivity contribution in [3.8, 4) is 0 Å². The van der Waals surface area contributed by atoms with Gasteiger partial charge in [0, 0.05) is 38.3 Å². The van der Waals surface area contributed by atoms with E-state index in [1.165, 1.54) is 0 Å². The number of ether oxygens (including phenoxy) is 1. The molecule has 1 saturated heterocycles. The van der Waals surface area contributed by atoms with Crippen LogP contribution in [0.25, 0.3) is 0 Å². The first-order chi connectivity index (χ1) is 10.5. The van der Waals surface area contributed by atoms with E-state index in [4.69, 9.17) is 4.74 Å². The lowest BCUT2D eigenvalue weighted by atomic mass is 9.94. The second kappa shape index (κ2) is 7.38. The van der Waals surface area contributed by atoms with Gasteiger partial charge in [-0.1, -0.05) is 25.1 Å². The molecule has 0 atom stereocenters. The van der Waals surface area contributed by atoms with E-state index in [1.807, 2.05) is 19.1 Å². The van der Waals surface area contributed by atoms with Gasteiger partial charge in [-0.15, -0.1) is 0 Å². The number of benzene rings is 1. The highest BCUT2D eigenvalue weighted by molar-refractivity contribution is 6.39. The first-order valence-electron chi connectivity index (χ1n) is 7.51. The Morgan fingerprint density at radius 2 is 1.91 bits per heavy atom. The number of hydrogen-bond donors (Lipinski definition) is 3. The van der Waals surface area contributed by atoms with Gasteiger partial charge in [-0.05, 0) is 18.1 Å². The summed E-state index contributed by atoms with van der Waals surface area (Å²) in [6.45, 7) is 2.95. The van der Waals surface area contributed by atoms with Gasteiger partial charge in [0.1, 0.15) is 0 Å². The van der Waals surface area contributed by atoms with Crippen LogP contribution >= 0.6 is 0 Å². The van der Waals surface area contributed by atoms with E-state index in [1.54, 1.807) is 12.1 Å². The third-order valence-electron chi connectivity index (χ3n) is 3.85. The molecule has 0 aliphatic carbocycles. The molecule has 1 aromatic rings. The Labute approximate surface area is 129 Å². The van der Waals surface area contributed by atoms with Gasteiger partial charge in [0.2, 0.25) is 0 Å². The van der Waals surface area contributed by atoms with Crippen molar-refractivity contribution in [2.24, 2.45) is 0 Å². The van der Waals surface area contributed by atoms with E-state index in [-0.39, 0.29) is 6.54 Å². The van der Waals surface area contributed by atoms with Crippen molar-refractivity contribution >= 4 is 17.5 Å². The standard InChI is InChI=1S/C16H22N2O4/c1-2-12-5-3-4-6-13(12)18-15(20)14(19)17-11-16(21)7-9-22-10-8-16/h3-6,21H,2,7-11H2,1H3,(H,17,19)(H,18,20). The Bertz CT molecular complexity index is 539. The van der Waals surface area contributed by atoms with Crippen molar-refractivity contribution in [1.82, 2.24) is 5.32 Å². The molecule has 6 heteroatoms. The molecule has 0 unspecified atom stereocenters. The summed E-state index contributed by atoms with van der Waals surface area (Å²) in [6.07, 6.45) is 1.67. The van der Waals surface area contributed by atoms with Gasteiger partial charge in [0.05, 0.1) is 5.60 Å². The van der Waals surface area contributed by atoms with Crippen LogP contribution in [0.4, 0.5) is 5.69 Å². The van der Waals surface area contributed by atoms with Crippen LogP contribution in [0, 0.1) is 0 Å². The predicted octanol–water partition coefficient (Wildman–Crippen LogP) is 0.845. The molecule has 1 aliphatic heterocycles. The molecule has 3 N–H and O–H groups in total. The summed E-state index contributed by atoms with van der Waals surface area (Å²) >= 11 is 0. The van der Waals surface area contributed by atoms with Crippen molar-refractivity contribution in [2.45, 2.75) is 31.8 Å². The molecule has 1 fully saturated rings. The molecule has 2 amide bonds. The molecule has 1 heterocycles. The molecule has 120 valence electrons. The summed E-state index contributed by atoms with van der Waals surface area (Å²) in [4.78, 5) is 23.8. The maximum absolute atomic E-state index is 11.9. The smallest absolute Gasteiger partial charge is 0.313 e. The fourth-order valence-electron chi connectivity index (χ4n) is 2.38. The number of aliphatic hydroxyl groups is 1. The fourth-order valence-corrected chi connectivity index (χ4v) is 2.38. The zero-order valence-electron chi connectivity index (χ0n) is 12.7. The summed E-state index contributed by atoms with van der Waals surface area (Å²) in [5.74, 6) is -1.47. The lowest BCUT2D eigenvalue weighted by molar-refractivity contribution is -0.137. The summed E-state index contributed by atoms with van der Waals surface area (Å²) in [5.41, 5.74) is 0.608. The van der Waals surface area contributed by atoms with E-state index >= 15 is 0 Å². The van der Waals surface area contributed by atoms with Crippen LogP contribution in [-0.2, 0) is 20.7 Å². The predicted molar refractivity (Wildman–Crippen MR) is 82.5 cm³/mol. The van der Waals surface area contributed by atoms with Crippen molar-refractivity contribution < 1.29 is 19.4 Å². The number of amides is 2. The molecule has 0 aromatic heterocycles. The van der Waals surface area contributed by atoms with Crippen LogP contribution < -0.4 is 10.6 Å². The molecule has 1 aliphatic rings. The number of aryl methyl sites for hydroxylation is 1. The fraction of sp³-hybridized carbons (Fsp3) is 0.500. The maximum atomic E-state index is 11.9. The van der Waals surface area contributed by atoms with E-state index < -0.39 is 17.4 Å². The Morgan fingerprint density at radius 3 is 2.59 bits per heavy atom. The van der Waals surface area contributed by atoms with Crippen LogP contribution in [0.5, 0.6) is 0 Å². The van der Waals surface area contributed by atoms with E-state index in [9.17, 15) is 14.7 Å². The minimum absolute atomic E-state index is 0.0536. The Balaban J connectivity index is 1.88. The Morgan fingerprint density at radius 1 is 1.23 bits per heavy atom. The average molecular weight is 306 g/mol. The first kappa shape index (κ1) is 16.5. The van der Waals surface area contributed by atoms with Gasteiger partial charge >= 0.3 is 11.8 Å². The van der Waals surface area contributed by atoms with Crippen LogP contribution in [0.15, 0.2) is 24.3 Å². The Kier molecular flexibility index (Phi) is 5.51. The molecule has 0 saturated carbocycles. The van der Waals surface area contributed by atoms with Crippen molar-refractivity contribution in [2.75, 3.05) is 25.1 Å². The normalized spacial score (nSPS) is 16.8. The van der Waals surface area contributed by atoms with E-state index in [0.717, 1.165) is 12.0 Å². The molecule has 1 aromatic carbocycles. The van der Waals surface area contributed by atoms with E-state index in [2.05, 4.69) is 10.6 Å². The Hall–Kier alpha value is -1.92. The number of carbonyl (C=O) groups excluding carboxylic acids is 2. The molecular formula is C16H22N2O4. The molecule has 0 bridgehead atoms. The van der Waals surface area contributed by atoms with Crippen LogP contribution in [0.2, 0.25) is 0 Å². The summed E-state index contributed by atoms with van der Waals surface area (Å²) in [6, 6.07) is 7.35. The summed E-state index contributed by atoms with van der Waals surface area (Å²) in [5, 5.41) is 15.3. The number of rotatable bonds is 4. The number of nitrogens with one attached hydrogen (secondary N) is 2. The van der Waals surface area contributed by atoms with Crippen molar-refractivity contribution in [3.05, 3.63) is 29.8 Å². The second-order valence-corrected chi connectivity index (χ2v) is 5.48. The minimum atomic E-state index is -0.991. The third kappa shape index (κ3) is 4.29. The highest BCUT2D eigenvalue weighted by Crippen LogP contribution is 2.19. The molecule has 0 radical (unpaired) electrons. The lowest BCUT2D eigenvalue weighted by Gasteiger charge is -2.31. The zero-order valence-corrected chi connectivity index (χ0v) is 12.7. The lowest BCUT2D eigenvalue weighted by Crippen LogP contribution is -2.48. The van der Waals surface area contributed by atoms with Gasteiger partial charge in [-0.2, -0.15) is 0 Å². The number of para-hydroxylation sites is 1. The highest BCUT2D eigenvalue weighted by Gasteiger charge is 2.31. The van der Waals surface area contributed by atoms with Gasteiger partial charge in [0.15, 0.2) is 0 Å². The summed E-state index contributed by atoms with van der Waals surface area (Å²) in [7, 11) is 0. The largest absolute Gasteiger partial charge is 0.388 e. The van der Waals surface area contributed by atoms with Gasteiger partial charge in [0.25, 0.3) is 0 Å². The van der Waals surface area contributed by atoms with Gasteiger partial charge in [-0.25, -0.2) is 0 Å². The monoisotopic (exact) mass is 306 g/mol. The van der Waals surface area contributed by atoms with Crippen LogP contribution in [0.1, 0.15) is 25.3 Å². The third-order valence-corrected chi connectivity index (χ3v) is 3.85. The quantitative estimate of drug-likeness (QED) is 0.720. The molecule has 2 rings (SSSR count). The molecule has 0 spiro atoms. The molecule has 22 heavy (non-hydrogen) atoms. The SMILES string of the molecule is CCc1ccccc1NC(=O)C(=O)NCC1(O)CCOCC1. The number of hydrogen-bond acceptors (Lipinski definition) is 4. The van der Waals surface area contributed by atoms with Crippen LogP contribution in [0.3, 0.4) is 0 Å². The topological polar surface area (TPSA) is 87.7 Å². The second-order valence-electron chi connectivity index (χ2n) is 5.48.